The third kappa shape index (κ3) is 2.59. The van der Waals surface area contributed by atoms with E-state index >= 15 is 0 Å². The van der Waals surface area contributed by atoms with E-state index in [1.54, 1.807) is 14.2 Å². The highest BCUT2D eigenvalue weighted by Gasteiger charge is 2.70. The Bertz CT molecular complexity index is 1200. The van der Waals surface area contributed by atoms with Gasteiger partial charge in [0.25, 0.3) is 0 Å². The number of benzene rings is 2. The molecule has 3 fully saturated rings. The summed E-state index contributed by atoms with van der Waals surface area (Å²) >= 11 is 0. The molecule has 2 aliphatic carbocycles. The molecule has 4 aliphatic rings. The summed E-state index contributed by atoms with van der Waals surface area (Å²) < 4.78 is 10.9. The van der Waals surface area contributed by atoms with Crippen LogP contribution in [0.3, 0.4) is 0 Å². The average Bonchev–Trinajstić information content (AvgIpc) is 3.55. The summed E-state index contributed by atoms with van der Waals surface area (Å²) in [6, 6.07) is 11.5. The van der Waals surface area contributed by atoms with E-state index in [0.29, 0.717) is 11.5 Å². The van der Waals surface area contributed by atoms with Crippen LogP contribution < -0.4 is 14.4 Å². The summed E-state index contributed by atoms with van der Waals surface area (Å²) in [4.78, 5) is 34.7. The van der Waals surface area contributed by atoms with E-state index in [0.717, 1.165) is 34.5 Å². The van der Waals surface area contributed by atoms with Crippen LogP contribution in [0.15, 0.2) is 41.6 Å². The zero-order valence-electron chi connectivity index (χ0n) is 19.1. The Balaban J connectivity index is 1.37. The second-order valence-electron chi connectivity index (χ2n) is 9.51. The van der Waals surface area contributed by atoms with Crippen molar-refractivity contribution >= 4 is 23.2 Å². The molecule has 7 heteroatoms. The van der Waals surface area contributed by atoms with Crippen molar-refractivity contribution in [1.82, 2.24) is 0 Å². The SMILES string of the molecule is COc1ccc(C2=NO[C@H]3[C@H]4C[C@@H]([C@@H]23)[C@H]2C(=O)N(c3c(C)cccc3C)C(=O)[C@@H]42)c(OC)c1. The maximum Gasteiger partial charge on any atom is 0.238 e. The minimum atomic E-state index is -0.338. The van der Waals surface area contributed by atoms with Gasteiger partial charge in [0.05, 0.1) is 37.5 Å². The molecule has 2 bridgehead atoms. The number of hydrogen-bond acceptors (Lipinski definition) is 6. The van der Waals surface area contributed by atoms with Gasteiger partial charge in [0.1, 0.15) is 17.6 Å². The molecule has 0 radical (unpaired) electrons. The molecule has 170 valence electrons. The summed E-state index contributed by atoms with van der Waals surface area (Å²) in [5.41, 5.74) is 4.25. The molecule has 2 amide bonds. The maximum absolute atomic E-state index is 13.7. The Kier molecular flexibility index (Phi) is 4.34. The van der Waals surface area contributed by atoms with E-state index in [-0.39, 0.29) is 47.5 Å². The van der Waals surface area contributed by atoms with Crippen LogP contribution in [0.4, 0.5) is 5.69 Å². The van der Waals surface area contributed by atoms with Crippen molar-refractivity contribution in [2.45, 2.75) is 26.4 Å². The van der Waals surface area contributed by atoms with Gasteiger partial charge < -0.3 is 14.3 Å². The van der Waals surface area contributed by atoms with Crippen molar-refractivity contribution in [2.75, 3.05) is 19.1 Å². The third-order valence-corrected chi connectivity index (χ3v) is 8.04. The van der Waals surface area contributed by atoms with Crippen molar-refractivity contribution in [3.63, 3.8) is 0 Å². The van der Waals surface area contributed by atoms with Gasteiger partial charge in [0.2, 0.25) is 11.8 Å². The highest BCUT2D eigenvalue weighted by Crippen LogP contribution is 2.62. The van der Waals surface area contributed by atoms with Crippen LogP contribution in [-0.2, 0) is 14.4 Å². The zero-order chi connectivity index (χ0) is 23.0. The van der Waals surface area contributed by atoms with Gasteiger partial charge in [0, 0.05) is 23.5 Å². The molecule has 0 unspecified atom stereocenters. The molecule has 1 saturated heterocycles. The van der Waals surface area contributed by atoms with E-state index in [2.05, 4.69) is 5.16 Å². The van der Waals surface area contributed by atoms with Crippen molar-refractivity contribution in [3.05, 3.63) is 53.1 Å². The Hall–Kier alpha value is -3.35. The monoisotopic (exact) mass is 446 g/mol. The minimum Gasteiger partial charge on any atom is -0.497 e. The predicted octanol–water partition coefficient (Wildman–Crippen LogP) is 3.50. The maximum atomic E-state index is 13.7. The first-order valence-corrected chi connectivity index (χ1v) is 11.4. The molecule has 0 spiro atoms. The van der Waals surface area contributed by atoms with Gasteiger partial charge in [-0.05, 0) is 49.4 Å². The summed E-state index contributed by atoms with van der Waals surface area (Å²) in [6.45, 7) is 3.90. The van der Waals surface area contributed by atoms with Crippen LogP contribution in [0.1, 0.15) is 23.1 Å². The molecule has 6 rings (SSSR count). The van der Waals surface area contributed by atoms with Crippen LogP contribution in [0.2, 0.25) is 0 Å². The first kappa shape index (κ1) is 20.3. The van der Waals surface area contributed by atoms with Gasteiger partial charge in [-0.2, -0.15) is 0 Å². The number of fused-ring (bicyclic) bond motifs is 8. The molecule has 0 N–H and O–H groups in total. The average molecular weight is 447 g/mol. The van der Waals surface area contributed by atoms with E-state index in [4.69, 9.17) is 14.3 Å². The quantitative estimate of drug-likeness (QED) is 0.672. The fourth-order valence-corrected chi connectivity index (χ4v) is 6.74. The van der Waals surface area contributed by atoms with Crippen LogP contribution in [0.25, 0.3) is 0 Å². The van der Waals surface area contributed by atoms with E-state index in [9.17, 15) is 9.59 Å². The lowest BCUT2D eigenvalue weighted by Gasteiger charge is -2.30. The van der Waals surface area contributed by atoms with Crippen molar-refractivity contribution in [1.29, 1.82) is 0 Å². The molecule has 2 aromatic rings. The number of carbonyl (C=O) groups is 2. The fraction of sp³-hybridized carbons (Fsp3) is 0.423. The van der Waals surface area contributed by atoms with Gasteiger partial charge >= 0.3 is 0 Å². The van der Waals surface area contributed by atoms with Gasteiger partial charge in [-0.1, -0.05) is 23.4 Å². The number of amides is 2. The molecule has 2 heterocycles. The van der Waals surface area contributed by atoms with Crippen molar-refractivity contribution < 1.29 is 23.9 Å². The number of ether oxygens (including phenoxy) is 2. The largest absolute Gasteiger partial charge is 0.497 e. The molecule has 2 saturated carbocycles. The Morgan fingerprint density at radius 3 is 2.30 bits per heavy atom. The van der Waals surface area contributed by atoms with Crippen molar-refractivity contribution in [2.24, 2.45) is 34.7 Å². The number of aryl methyl sites for hydroxylation is 2. The van der Waals surface area contributed by atoms with Gasteiger partial charge in [0.15, 0.2) is 0 Å². The lowest BCUT2D eigenvalue weighted by molar-refractivity contribution is -0.125. The van der Waals surface area contributed by atoms with Gasteiger partial charge in [-0.3, -0.25) is 9.59 Å². The Labute approximate surface area is 192 Å². The number of anilines is 1. The normalized spacial score (nSPS) is 31.4. The third-order valence-electron chi connectivity index (χ3n) is 8.04. The second-order valence-corrected chi connectivity index (χ2v) is 9.51. The van der Waals surface area contributed by atoms with Gasteiger partial charge in [-0.15, -0.1) is 0 Å². The van der Waals surface area contributed by atoms with Crippen LogP contribution in [0, 0.1) is 43.4 Å². The Morgan fingerprint density at radius 1 is 0.939 bits per heavy atom. The Morgan fingerprint density at radius 2 is 1.64 bits per heavy atom. The summed E-state index contributed by atoms with van der Waals surface area (Å²) in [5, 5.41) is 4.44. The number of hydrogen-bond donors (Lipinski definition) is 0. The number of nitrogens with zero attached hydrogens (tertiary/aromatic N) is 2. The molecule has 2 aromatic carbocycles. The summed E-state index contributed by atoms with van der Waals surface area (Å²) in [5.74, 6) is 0.476. The highest BCUT2D eigenvalue weighted by atomic mass is 16.6. The molecular formula is C26H26N2O5. The summed E-state index contributed by atoms with van der Waals surface area (Å²) in [7, 11) is 3.23. The molecule has 6 atom stereocenters. The number of carbonyl (C=O) groups excluding carboxylic acids is 2. The van der Waals surface area contributed by atoms with Gasteiger partial charge in [-0.25, -0.2) is 4.90 Å². The fourth-order valence-electron chi connectivity index (χ4n) is 6.74. The minimum absolute atomic E-state index is 0.0127. The second kappa shape index (κ2) is 7.07. The number of oxime groups is 1. The number of methoxy groups -OCH3 is 2. The molecule has 2 aliphatic heterocycles. The van der Waals surface area contributed by atoms with Crippen LogP contribution in [-0.4, -0.2) is 37.8 Å². The van der Waals surface area contributed by atoms with E-state index in [1.165, 1.54) is 4.90 Å². The first-order valence-electron chi connectivity index (χ1n) is 11.4. The molecule has 7 nitrogen and oxygen atoms in total. The van der Waals surface area contributed by atoms with E-state index in [1.807, 2.05) is 50.2 Å². The molecule has 33 heavy (non-hydrogen) atoms. The number of imide groups is 1. The zero-order valence-corrected chi connectivity index (χ0v) is 19.1. The molecular weight excluding hydrogens is 420 g/mol. The lowest BCUT2D eigenvalue weighted by atomic mass is 9.71. The topological polar surface area (TPSA) is 77.4 Å². The number of para-hydroxylation sites is 1. The molecule has 0 aromatic heterocycles. The lowest BCUT2D eigenvalue weighted by Crippen LogP contribution is -2.41. The first-order chi connectivity index (χ1) is 16.0. The number of rotatable bonds is 4. The van der Waals surface area contributed by atoms with Crippen LogP contribution >= 0.6 is 0 Å². The van der Waals surface area contributed by atoms with Crippen LogP contribution in [0.5, 0.6) is 11.5 Å². The predicted molar refractivity (Wildman–Crippen MR) is 121 cm³/mol. The summed E-state index contributed by atoms with van der Waals surface area (Å²) in [6.07, 6.45) is 0.618. The van der Waals surface area contributed by atoms with Crippen molar-refractivity contribution in [3.8, 4) is 11.5 Å². The standard InChI is InChI=1S/C26H26N2O5/c1-12-6-5-7-13(2)23(12)28-25(29)19-16-11-17(20(19)26(28)30)24-21(16)22(27-33-24)15-9-8-14(31-3)10-18(15)32-4/h5-10,16-17,19-21,24H,11H2,1-4H3/t16-,17+,19-,20+,21+,24+/m1/s1. The highest BCUT2D eigenvalue weighted by molar-refractivity contribution is 6.23. The smallest absolute Gasteiger partial charge is 0.238 e. The van der Waals surface area contributed by atoms with E-state index < -0.39 is 0 Å².